The molecule has 4 nitrogen and oxygen atoms in total. The zero-order valence-electron chi connectivity index (χ0n) is 11.2. The molecular weight excluding hydrogens is 390 g/mol. The van der Waals surface area contributed by atoms with Crippen molar-refractivity contribution in [1.82, 2.24) is 4.90 Å². The number of halogens is 2. The monoisotopic (exact) mass is 405 g/mol. The van der Waals surface area contributed by atoms with Crippen LogP contribution in [0, 0.1) is 5.92 Å². The van der Waals surface area contributed by atoms with Gasteiger partial charge in [-0.2, -0.15) is 0 Å². The second kappa shape index (κ2) is 7.02. The standard InChI is InChI=1S/C14H17Br2NO3/c1-2-17(13-8-20-7-10(13)14(18)19)6-9-3-4-11(15)12(16)5-9/h3-5,10,13H,2,6-8H2,1H3,(H,18,19). The number of ether oxygens (including phenoxy) is 1. The topological polar surface area (TPSA) is 49.8 Å². The molecule has 1 N–H and O–H groups in total. The molecule has 1 aromatic carbocycles. The second-order valence-electron chi connectivity index (χ2n) is 4.86. The summed E-state index contributed by atoms with van der Waals surface area (Å²) < 4.78 is 7.37. The zero-order chi connectivity index (χ0) is 14.7. The van der Waals surface area contributed by atoms with E-state index in [1.807, 2.05) is 19.1 Å². The molecule has 0 aliphatic carbocycles. The average Bonchev–Trinajstić information content (AvgIpc) is 2.89. The van der Waals surface area contributed by atoms with Crippen molar-refractivity contribution in [3.8, 4) is 0 Å². The maximum absolute atomic E-state index is 11.3. The molecular formula is C14H17Br2NO3. The summed E-state index contributed by atoms with van der Waals surface area (Å²) in [5, 5.41) is 9.25. The van der Waals surface area contributed by atoms with Crippen LogP contribution in [0.1, 0.15) is 12.5 Å². The Morgan fingerprint density at radius 3 is 2.75 bits per heavy atom. The van der Waals surface area contributed by atoms with Gasteiger partial charge in [0.1, 0.15) is 0 Å². The fourth-order valence-corrected chi connectivity index (χ4v) is 3.15. The van der Waals surface area contributed by atoms with Crippen LogP contribution >= 0.6 is 31.9 Å². The number of likely N-dealkylation sites (N-methyl/N-ethyl adjacent to an activating group) is 1. The lowest BCUT2D eigenvalue weighted by Crippen LogP contribution is -2.42. The second-order valence-corrected chi connectivity index (χ2v) is 6.57. The van der Waals surface area contributed by atoms with Crippen molar-refractivity contribution >= 4 is 37.8 Å². The summed E-state index contributed by atoms with van der Waals surface area (Å²) in [6, 6.07) is 6.04. The Balaban J connectivity index is 2.12. The normalized spacial score (nSPS) is 22.4. The van der Waals surface area contributed by atoms with Crippen LogP contribution < -0.4 is 0 Å². The Hall–Kier alpha value is -0.430. The highest BCUT2D eigenvalue weighted by Gasteiger charge is 2.37. The van der Waals surface area contributed by atoms with Crippen LogP contribution in [0.15, 0.2) is 27.1 Å². The van der Waals surface area contributed by atoms with Crippen molar-refractivity contribution in [1.29, 1.82) is 0 Å². The first-order valence-corrected chi connectivity index (χ1v) is 8.10. The SMILES string of the molecule is CCN(Cc1ccc(Br)c(Br)c1)C1COCC1C(=O)O. The third-order valence-corrected chi connectivity index (χ3v) is 5.49. The highest BCUT2D eigenvalue weighted by molar-refractivity contribution is 9.13. The van der Waals surface area contributed by atoms with Crippen molar-refractivity contribution in [3.05, 3.63) is 32.7 Å². The van der Waals surface area contributed by atoms with Crippen molar-refractivity contribution in [2.24, 2.45) is 5.92 Å². The van der Waals surface area contributed by atoms with Gasteiger partial charge in [0, 0.05) is 21.5 Å². The maximum Gasteiger partial charge on any atom is 0.310 e. The van der Waals surface area contributed by atoms with E-state index in [4.69, 9.17) is 4.74 Å². The maximum atomic E-state index is 11.3. The lowest BCUT2D eigenvalue weighted by atomic mass is 10.0. The van der Waals surface area contributed by atoms with E-state index < -0.39 is 11.9 Å². The van der Waals surface area contributed by atoms with Gasteiger partial charge in [-0.15, -0.1) is 0 Å². The van der Waals surface area contributed by atoms with E-state index in [1.54, 1.807) is 0 Å². The zero-order valence-corrected chi connectivity index (χ0v) is 14.4. The first kappa shape index (κ1) is 15.9. The van der Waals surface area contributed by atoms with Gasteiger partial charge in [-0.3, -0.25) is 9.69 Å². The minimum atomic E-state index is -0.775. The fourth-order valence-electron chi connectivity index (χ4n) is 2.47. The first-order chi connectivity index (χ1) is 9.52. The molecule has 20 heavy (non-hydrogen) atoms. The van der Waals surface area contributed by atoms with Crippen molar-refractivity contribution < 1.29 is 14.6 Å². The average molecular weight is 407 g/mol. The number of benzene rings is 1. The molecule has 6 heteroatoms. The highest BCUT2D eigenvalue weighted by Crippen LogP contribution is 2.26. The van der Waals surface area contributed by atoms with E-state index >= 15 is 0 Å². The van der Waals surface area contributed by atoms with Crippen LogP contribution in [0.25, 0.3) is 0 Å². The van der Waals surface area contributed by atoms with Gasteiger partial charge in [-0.25, -0.2) is 0 Å². The number of carboxylic acids is 1. The largest absolute Gasteiger partial charge is 0.481 e. The summed E-state index contributed by atoms with van der Waals surface area (Å²) in [6.07, 6.45) is 0. The summed E-state index contributed by atoms with van der Waals surface area (Å²) in [7, 11) is 0. The molecule has 0 amide bonds. The minimum Gasteiger partial charge on any atom is -0.481 e. The van der Waals surface area contributed by atoms with E-state index in [2.05, 4.69) is 42.8 Å². The number of hydrogen-bond donors (Lipinski definition) is 1. The summed E-state index contributed by atoms with van der Waals surface area (Å²) in [6.45, 7) is 4.36. The molecule has 0 saturated carbocycles. The van der Waals surface area contributed by atoms with E-state index in [1.165, 1.54) is 0 Å². The number of hydrogen-bond acceptors (Lipinski definition) is 3. The van der Waals surface area contributed by atoms with Crippen molar-refractivity contribution in [3.63, 3.8) is 0 Å². The van der Waals surface area contributed by atoms with Crippen LogP contribution in [0.4, 0.5) is 0 Å². The number of rotatable bonds is 5. The Morgan fingerprint density at radius 2 is 2.15 bits per heavy atom. The van der Waals surface area contributed by atoms with Crippen LogP contribution in [0.5, 0.6) is 0 Å². The predicted octanol–water partition coefficient (Wildman–Crippen LogP) is 3.13. The molecule has 0 spiro atoms. The quantitative estimate of drug-likeness (QED) is 0.815. The van der Waals surface area contributed by atoms with E-state index in [-0.39, 0.29) is 6.04 Å². The van der Waals surface area contributed by atoms with Crippen LogP contribution in [-0.4, -0.2) is 41.8 Å². The predicted molar refractivity (Wildman–Crippen MR) is 83.7 cm³/mol. The van der Waals surface area contributed by atoms with Crippen LogP contribution in [-0.2, 0) is 16.1 Å². The lowest BCUT2D eigenvalue weighted by molar-refractivity contribution is -0.143. The molecule has 1 saturated heterocycles. The summed E-state index contributed by atoms with van der Waals surface area (Å²) in [5.74, 6) is -1.21. The van der Waals surface area contributed by atoms with Gasteiger partial charge >= 0.3 is 5.97 Å². The van der Waals surface area contributed by atoms with Gasteiger partial charge in [-0.1, -0.05) is 13.0 Å². The Morgan fingerprint density at radius 1 is 1.40 bits per heavy atom. The van der Waals surface area contributed by atoms with Gasteiger partial charge in [0.2, 0.25) is 0 Å². The summed E-state index contributed by atoms with van der Waals surface area (Å²) >= 11 is 6.94. The first-order valence-electron chi connectivity index (χ1n) is 6.51. The smallest absolute Gasteiger partial charge is 0.310 e. The molecule has 1 aliphatic heterocycles. The molecule has 0 radical (unpaired) electrons. The number of carbonyl (C=O) groups is 1. The van der Waals surface area contributed by atoms with E-state index in [9.17, 15) is 9.90 Å². The molecule has 2 atom stereocenters. The van der Waals surface area contributed by atoms with Gasteiger partial charge < -0.3 is 9.84 Å². The van der Waals surface area contributed by atoms with Gasteiger partial charge in [-0.05, 0) is 56.1 Å². The molecule has 1 fully saturated rings. The Labute approximate surface area is 135 Å². The molecule has 1 aromatic rings. The third kappa shape index (κ3) is 3.61. The van der Waals surface area contributed by atoms with Gasteiger partial charge in [0.15, 0.2) is 0 Å². The number of nitrogens with zero attached hydrogens (tertiary/aromatic N) is 1. The van der Waals surface area contributed by atoms with E-state index in [0.717, 1.165) is 27.6 Å². The number of aliphatic carboxylic acids is 1. The molecule has 2 rings (SSSR count). The Kier molecular flexibility index (Phi) is 5.60. The number of carboxylic acid groups (broad SMARTS) is 1. The van der Waals surface area contributed by atoms with Gasteiger partial charge in [0.25, 0.3) is 0 Å². The van der Waals surface area contributed by atoms with Crippen LogP contribution in [0.2, 0.25) is 0 Å². The molecule has 1 aliphatic rings. The molecule has 0 bridgehead atoms. The minimum absolute atomic E-state index is 0.0556. The molecule has 110 valence electrons. The summed E-state index contributed by atoms with van der Waals surface area (Å²) in [4.78, 5) is 13.4. The third-order valence-electron chi connectivity index (χ3n) is 3.61. The van der Waals surface area contributed by atoms with Crippen LogP contribution in [0.3, 0.4) is 0 Å². The highest BCUT2D eigenvalue weighted by atomic mass is 79.9. The summed E-state index contributed by atoms with van der Waals surface area (Å²) in [5.41, 5.74) is 1.15. The van der Waals surface area contributed by atoms with Gasteiger partial charge in [0.05, 0.1) is 19.1 Å². The molecule has 2 unspecified atom stereocenters. The Bertz CT molecular complexity index is 495. The molecule has 0 aromatic heterocycles. The molecule has 1 heterocycles. The fraction of sp³-hybridized carbons (Fsp3) is 0.500. The van der Waals surface area contributed by atoms with E-state index in [0.29, 0.717) is 13.2 Å². The van der Waals surface area contributed by atoms with Crippen molar-refractivity contribution in [2.45, 2.75) is 19.5 Å². The van der Waals surface area contributed by atoms with Crippen molar-refractivity contribution in [2.75, 3.05) is 19.8 Å². The lowest BCUT2D eigenvalue weighted by Gasteiger charge is -2.29.